The molecule has 1 heterocycles. The van der Waals surface area contributed by atoms with E-state index >= 15 is 0 Å². The molecule has 0 aliphatic heterocycles. The van der Waals surface area contributed by atoms with Gasteiger partial charge in [-0.05, 0) is 33.3 Å². The number of carbonyl (C=O) groups is 1. The lowest BCUT2D eigenvalue weighted by atomic mass is 10.1. The number of aromatic nitrogens is 2. The molecule has 1 rings (SSSR count). The third-order valence-corrected chi connectivity index (χ3v) is 2.32. The zero-order valence-corrected chi connectivity index (χ0v) is 11.9. The summed E-state index contributed by atoms with van der Waals surface area (Å²) < 4.78 is 5.05. The van der Waals surface area contributed by atoms with Crippen molar-refractivity contribution in [2.75, 3.05) is 6.54 Å². The van der Waals surface area contributed by atoms with Crippen molar-refractivity contribution in [2.24, 2.45) is 0 Å². The molecule has 2 unspecified atom stereocenters. The number of rotatable bonds is 5. The van der Waals surface area contributed by atoms with Crippen LogP contribution in [0.4, 0.5) is 4.79 Å². The van der Waals surface area contributed by atoms with Gasteiger partial charge in [0.05, 0.1) is 6.10 Å². The van der Waals surface area contributed by atoms with Gasteiger partial charge in [0, 0.05) is 18.9 Å². The molecule has 0 aromatic carbocycles. The van der Waals surface area contributed by atoms with Crippen LogP contribution in [0.15, 0.2) is 18.5 Å². The fraction of sp³-hybridized carbons (Fsp3) is 0.615. The molecule has 1 aromatic heterocycles. The molecule has 112 valence electrons. The van der Waals surface area contributed by atoms with Crippen LogP contribution < -0.4 is 5.32 Å². The Morgan fingerprint density at radius 3 is 2.50 bits per heavy atom. The van der Waals surface area contributed by atoms with Gasteiger partial charge in [0.2, 0.25) is 0 Å². The minimum Gasteiger partial charge on any atom is -0.444 e. The maximum Gasteiger partial charge on any atom is 0.407 e. The predicted octanol–water partition coefficient (Wildman–Crippen LogP) is 0.786. The smallest absolute Gasteiger partial charge is 0.407 e. The van der Waals surface area contributed by atoms with Crippen molar-refractivity contribution in [3.05, 3.63) is 24.3 Å². The van der Waals surface area contributed by atoms with Crippen molar-refractivity contribution in [1.29, 1.82) is 0 Å². The molecule has 0 aliphatic carbocycles. The molecule has 7 heteroatoms. The first-order valence-corrected chi connectivity index (χ1v) is 6.39. The molecule has 3 N–H and O–H groups in total. The van der Waals surface area contributed by atoms with Crippen LogP contribution in [0, 0.1) is 0 Å². The van der Waals surface area contributed by atoms with Crippen LogP contribution >= 0.6 is 0 Å². The van der Waals surface area contributed by atoms with E-state index in [1.807, 2.05) is 0 Å². The first-order chi connectivity index (χ1) is 9.29. The summed E-state index contributed by atoms with van der Waals surface area (Å²) in [6, 6.07) is 1.62. The zero-order chi connectivity index (χ0) is 15.2. The van der Waals surface area contributed by atoms with Gasteiger partial charge in [0.1, 0.15) is 11.7 Å². The van der Waals surface area contributed by atoms with Gasteiger partial charge in [-0.25, -0.2) is 14.8 Å². The number of ether oxygens (including phenoxy) is 1. The molecule has 7 nitrogen and oxygen atoms in total. The fourth-order valence-electron chi connectivity index (χ4n) is 1.43. The molecular weight excluding hydrogens is 262 g/mol. The summed E-state index contributed by atoms with van der Waals surface area (Å²) in [5.74, 6) is 0.150. The Morgan fingerprint density at radius 2 is 1.95 bits per heavy atom. The predicted molar refractivity (Wildman–Crippen MR) is 71.9 cm³/mol. The number of hydrogen-bond acceptors (Lipinski definition) is 6. The van der Waals surface area contributed by atoms with Gasteiger partial charge in [-0.1, -0.05) is 0 Å². The van der Waals surface area contributed by atoms with Crippen LogP contribution in [0.3, 0.4) is 0 Å². The molecular formula is C13H21N3O4. The largest absolute Gasteiger partial charge is 0.444 e. The lowest BCUT2D eigenvalue weighted by Gasteiger charge is -2.20. The van der Waals surface area contributed by atoms with Gasteiger partial charge in [-0.2, -0.15) is 0 Å². The van der Waals surface area contributed by atoms with Crippen LogP contribution in [-0.2, 0) is 4.74 Å². The number of carbonyl (C=O) groups excluding carboxylic acids is 1. The molecule has 0 saturated heterocycles. The Balaban J connectivity index is 2.33. The summed E-state index contributed by atoms with van der Waals surface area (Å²) in [6.07, 6.45) is 0.326. The van der Waals surface area contributed by atoms with Crippen molar-refractivity contribution >= 4 is 6.09 Å². The molecule has 0 saturated carbocycles. The van der Waals surface area contributed by atoms with Gasteiger partial charge in [-0.15, -0.1) is 0 Å². The topological polar surface area (TPSA) is 105 Å². The monoisotopic (exact) mass is 283 g/mol. The molecule has 0 spiro atoms. The minimum atomic E-state index is -1.18. The molecule has 2 atom stereocenters. The van der Waals surface area contributed by atoms with Crippen LogP contribution in [0.2, 0.25) is 0 Å². The van der Waals surface area contributed by atoms with Gasteiger partial charge in [0.25, 0.3) is 0 Å². The summed E-state index contributed by atoms with van der Waals surface area (Å²) in [5, 5.41) is 22.1. The third-order valence-electron chi connectivity index (χ3n) is 2.32. The maximum atomic E-state index is 11.4. The average molecular weight is 283 g/mol. The Bertz CT molecular complexity index is 419. The number of aliphatic hydroxyl groups is 2. The number of hydrogen-bond donors (Lipinski definition) is 3. The van der Waals surface area contributed by atoms with E-state index in [-0.39, 0.29) is 18.8 Å². The normalized spacial score (nSPS) is 14.4. The third kappa shape index (κ3) is 5.94. The van der Waals surface area contributed by atoms with Gasteiger partial charge in [-0.3, -0.25) is 0 Å². The molecule has 1 amide bonds. The second-order valence-electron chi connectivity index (χ2n) is 5.34. The molecule has 0 radical (unpaired) electrons. The fourth-order valence-corrected chi connectivity index (χ4v) is 1.43. The van der Waals surface area contributed by atoms with Gasteiger partial charge < -0.3 is 20.3 Å². The Kier molecular flexibility index (Phi) is 5.84. The summed E-state index contributed by atoms with van der Waals surface area (Å²) in [6.45, 7) is 5.47. The van der Waals surface area contributed by atoms with Crippen LogP contribution in [0.1, 0.15) is 39.1 Å². The molecule has 0 bridgehead atoms. The highest BCUT2D eigenvalue weighted by Crippen LogP contribution is 2.14. The van der Waals surface area contributed by atoms with Crippen molar-refractivity contribution in [1.82, 2.24) is 15.3 Å². The standard InChI is InChI=1S/C13H21N3O4/c1-13(2,3)20-12(19)16-8-5-9(17)10(18)11-14-6-4-7-15-11/h4,6-7,9-10,17-18H,5,8H2,1-3H3,(H,16,19). The van der Waals surface area contributed by atoms with Gasteiger partial charge in [0.15, 0.2) is 5.82 Å². The van der Waals surface area contributed by atoms with E-state index in [4.69, 9.17) is 4.74 Å². The van der Waals surface area contributed by atoms with Crippen molar-refractivity contribution in [3.8, 4) is 0 Å². The first kappa shape index (κ1) is 16.3. The Hall–Kier alpha value is -1.73. The SMILES string of the molecule is CC(C)(C)OC(=O)NCCC(O)C(O)c1ncccn1. The van der Waals surface area contributed by atoms with E-state index in [1.165, 1.54) is 12.4 Å². The number of alkyl carbamates (subject to hydrolysis) is 1. The van der Waals surface area contributed by atoms with Crippen molar-refractivity contribution in [2.45, 2.75) is 45.0 Å². The van der Waals surface area contributed by atoms with Gasteiger partial charge >= 0.3 is 6.09 Å². The summed E-state index contributed by atoms with van der Waals surface area (Å²) in [5.41, 5.74) is -0.569. The van der Waals surface area contributed by atoms with E-state index in [1.54, 1.807) is 26.8 Å². The number of aliphatic hydroxyl groups excluding tert-OH is 2. The van der Waals surface area contributed by atoms with E-state index in [9.17, 15) is 15.0 Å². The Morgan fingerprint density at radius 1 is 1.35 bits per heavy atom. The molecule has 1 aromatic rings. The second-order valence-corrected chi connectivity index (χ2v) is 5.34. The molecule has 0 fully saturated rings. The number of nitrogens with zero attached hydrogens (tertiary/aromatic N) is 2. The summed E-state index contributed by atoms with van der Waals surface area (Å²) in [4.78, 5) is 19.1. The van der Waals surface area contributed by atoms with E-state index < -0.39 is 23.9 Å². The van der Waals surface area contributed by atoms with Crippen molar-refractivity contribution in [3.63, 3.8) is 0 Å². The lowest BCUT2D eigenvalue weighted by Crippen LogP contribution is -2.34. The highest BCUT2D eigenvalue weighted by atomic mass is 16.6. The second kappa shape index (κ2) is 7.16. The van der Waals surface area contributed by atoms with Crippen LogP contribution in [0.25, 0.3) is 0 Å². The molecule has 20 heavy (non-hydrogen) atoms. The summed E-state index contributed by atoms with van der Waals surface area (Å²) in [7, 11) is 0. The first-order valence-electron chi connectivity index (χ1n) is 6.39. The number of nitrogens with one attached hydrogen (secondary N) is 1. The molecule has 0 aliphatic rings. The lowest BCUT2D eigenvalue weighted by molar-refractivity contribution is 0.00734. The zero-order valence-electron chi connectivity index (χ0n) is 11.9. The van der Waals surface area contributed by atoms with E-state index in [0.717, 1.165) is 0 Å². The van der Waals surface area contributed by atoms with E-state index in [0.29, 0.717) is 0 Å². The highest BCUT2D eigenvalue weighted by Gasteiger charge is 2.21. The van der Waals surface area contributed by atoms with Crippen LogP contribution in [0.5, 0.6) is 0 Å². The average Bonchev–Trinajstić information content (AvgIpc) is 2.36. The van der Waals surface area contributed by atoms with E-state index in [2.05, 4.69) is 15.3 Å². The minimum absolute atomic E-state index is 0.150. The Labute approximate surface area is 118 Å². The van der Waals surface area contributed by atoms with Crippen LogP contribution in [-0.4, -0.2) is 44.5 Å². The summed E-state index contributed by atoms with van der Waals surface area (Å²) >= 11 is 0. The quantitative estimate of drug-likeness (QED) is 0.738. The maximum absolute atomic E-state index is 11.4. The number of amides is 1. The highest BCUT2D eigenvalue weighted by molar-refractivity contribution is 5.67. The van der Waals surface area contributed by atoms with Crippen molar-refractivity contribution < 1.29 is 19.7 Å².